The lowest BCUT2D eigenvalue weighted by atomic mass is 9.77. The molecule has 2 aliphatic rings. The number of benzene rings is 3. The third-order valence-electron chi connectivity index (χ3n) is 8.04. The highest BCUT2D eigenvalue weighted by molar-refractivity contribution is 9.10. The molecule has 0 aromatic heterocycles. The minimum atomic E-state index is -0.244. The van der Waals surface area contributed by atoms with Gasteiger partial charge in [0.25, 0.3) is 0 Å². The summed E-state index contributed by atoms with van der Waals surface area (Å²) in [4.78, 5) is 30.7. The fraction of sp³-hybridized carbons (Fsp3) is 0.355. The highest BCUT2D eigenvalue weighted by Crippen LogP contribution is 2.42. The quantitative estimate of drug-likeness (QED) is 0.270. The van der Waals surface area contributed by atoms with Crippen LogP contribution in [0.2, 0.25) is 5.02 Å². The van der Waals surface area contributed by atoms with Crippen LogP contribution in [-0.4, -0.2) is 47.9 Å². The van der Waals surface area contributed by atoms with Crippen LogP contribution in [0.25, 0.3) is 0 Å². The number of anilines is 1. The molecule has 1 atom stereocenters. The van der Waals surface area contributed by atoms with Crippen LogP contribution >= 0.6 is 39.9 Å². The molecular formula is C31H35BrCl2N4O2. The highest BCUT2D eigenvalue weighted by atomic mass is 79.9. The number of rotatable bonds is 8. The second-order valence-corrected chi connectivity index (χ2v) is 11.9. The van der Waals surface area contributed by atoms with E-state index in [0.717, 1.165) is 61.9 Å². The number of nitrogens with one attached hydrogen (secondary N) is 2. The smallest absolute Gasteiger partial charge is 0.319 e. The van der Waals surface area contributed by atoms with Gasteiger partial charge in [-0.3, -0.25) is 4.79 Å². The molecule has 212 valence electrons. The van der Waals surface area contributed by atoms with Crippen LogP contribution in [0.1, 0.15) is 42.9 Å². The summed E-state index contributed by atoms with van der Waals surface area (Å²) in [5.74, 6) is 0.313. The molecule has 9 heteroatoms. The molecule has 2 aliphatic heterocycles. The number of carbonyl (C=O) groups is 2. The number of halogens is 3. The molecule has 3 amide bonds. The molecule has 3 aromatic carbocycles. The zero-order chi connectivity index (χ0) is 27.2. The normalized spacial score (nSPS) is 17.4. The van der Waals surface area contributed by atoms with Crippen LogP contribution in [0, 0.1) is 5.41 Å². The van der Waals surface area contributed by atoms with Gasteiger partial charge in [0, 0.05) is 34.8 Å². The van der Waals surface area contributed by atoms with Gasteiger partial charge < -0.3 is 20.4 Å². The molecule has 2 saturated heterocycles. The van der Waals surface area contributed by atoms with E-state index < -0.39 is 0 Å². The predicted octanol–water partition coefficient (Wildman–Crippen LogP) is 7.29. The number of piperidine rings is 1. The lowest BCUT2D eigenvalue weighted by molar-refractivity contribution is -0.138. The predicted molar refractivity (Wildman–Crippen MR) is 167 cm³/mol. The average Bonchev–Trinajstić information content (AvgIpc) is 3.24. The van der Waals surface area contributed by atoms with Crippen LogP contribution in [0.3, 0.4) is 0 Å². The summed E-state index contributed by atoms with van der Waals surface area (Å²) in [5, 5.41) is 6.68. The van der Waals surface area contributed by atoms with Crippen molar-refractivity contribution in [1.29, 1.82) is 0 Å². The van der Waals surface area contributed by atoms with Crippen LogP contribution in [0.5, 0.6) is 0 Å². The maximum Gasteiger partial charge on any atom is 0.319 e. The van der Waals surface area contributed by atoms with Crippen LogP contribution in [-0.2, 0) is 11.3 Å². The first-order valence-corrected chi connectivity index (χ1v) is 14.7. The zero-order valence-electron chi connectivity index (χ0n) is 22.3. The molecule has 0 saturated carbocycles. The Labute approximate surface area is 256 Å². The molecule has 1 unspecified atom stereocenters. The topological polar surface area (TPSA) is 64.7 Å². The molecule has 2 N–H and O–H groups in total. The van der Waals surface area contributed by atoms with Gasteiger partial charge in [-0.05, 0) is 86.3 Å². The van der Waals surface area contributed by atoms with E-state index in [9.17, 15) is 9.59 Å². The number of nitrogens with zero attached hydrogens (tertiary/aromatic N) is 2. The molecule has 0 aliphatic carbocycles. The Morgan fingerprint density at radius 3 is 2.25 bits per heavy atom. The van der Waals surface area contributed by atoms with Crippen molar-refractivity contribution >= 4 is 57.6 Å². The third-order valence-corrected chi connectivity index (χ3v) is 8.83. The van der Waals surface area contributed by atoms with Gasteiger partial charge >= 0.3 is 6.03 Å². The van der Waals surface area contributed by atoms with Crippen molar-refractivity contribution in [1.82, 2.24) is 15.1 Å². The average molecular weight is 646 g/mol. The van der Waals surface area contributed by atoms with E-state index in [2.05, 4.69) is 55.7 Å². The molecule has 1 spiro atoms. The molecule has 5 rings (SSSR count). The minimum Gasteiger partial charge on any atom is -0.338 e. The molecule has 0 radical (unpaired) electrons. The van der Waals surface area contributed by atoms with E-state index in [0.29, 0.717) is 23.2 Å². The number of hydrogen-bond acceptors (Lipinski definition) is 3. The molecule has 2 heterocycles. The van der Waals surface area contributed by atoms with Crippen molar-refractivity contribution in [2.75, 3.05) is 31.5 Å². The van der Waals surface area contributed by atoms with Crippen molar-refractivity contribution in [2.24, 2.45) is 5.41 Å². The Morgan fingerprint density at radius 1 is 0.925 bits per heavy atom. The van der Waals surface area contributed by atoms with Gasteiger partial charge in [0.15, 0.2) is 0 Å². The van der Waals surface area contributed by atoms with Crippen LogP contribution in [0.15, 0.2) is 83.3 Å². The summed E-state index contributed by atoms with van der Waals surface area (Å²) in [5.41, 5.74) is 2.72. The first-order valence-electron chi connectivity index (χ1n) is 13.5. The summed E-state index contributed by atoms with van der Waals surface area (Å²) >= 11 is 9.45. The summed E-state index contributed by atoms with van der Waals surface area (Å²) in [6.07, 6.45) is 3.51. The molecule has 40 heavy (non-hydrogen) atoms. The SMILES string of the molecule is Cl.O=C(Nc1ccc(Cl)cc1)NC(CCN1CCC2(CC1)CCN(Cc1ccc(Br)cc1)C2=O)c1ccccc1. The Hall–Kier alpha value is -2.58. The van der Waals surface area contributed by atoms with Gasteiger partial charge in [-0.25, -0.2) is 4.79 Å². The molecule has 0 bridgehead atoms. The lowest BCUT2D eigenvalue weighted by Crippen LogP contribution is -2.45. The maximum atomic E-state index is 13.4. The Morgan fingerprint density at radius 2 is 1.57 bits per heavy atom. The van der Waals surface area contributed by atoms with Crippen molar-refractivity contribution in [3.05, 3.63) is 99.5 Å². The summed E-state index contributed by atoms with van der Waals surface area (Å²) < 4.78 is 1.05. The van der Waals surface area contributed by atoms with Gasteiger partial charge in [-0.2, -0.15) is 0 Å². The first kappa shape index (κ1) is 30.4. The number of amides is 3. The number of urea groups is 1. The third kappa shape index (κ3) is 7.58. The number of carbonyl (C=O) groups excluding carboxylic acids is 2. The molecule has 6 nitrogen and oxygen atoms in total. The van der Waals surface area contributed by atoms with Gasteiger partial charge in [-0.15, -0.1) is 12.4 Å². The second-order valence-electron chi connectivity index (χ2n) is 10.6. The molecule has 2 fully saturated rings. The summed E-state index contributed by atoms with van der Waals surface area (Å²) in [6.45, 7) is 4.16. The standard InChI is InChI=1S/C31H34BrClN4O2.ClH/c32-25-8-6-23(7-9-25)22-37-21-17-31(29(37)38)15-19-36(20-16-31)18-14-28(24-4-2-1-3-5-24)35-30(39)34-27-12-10-26(33)11-13-27;/h1-13,28H,14-22H2,(H2,34,35,39);1H. The van der Waals surface area contributed by atoms with E-state index in [1.54, 1.807) is 24.3 Å². The van der Waals surface area contributed by atoms with Crippen LogP contribution in [0.4, 0.5) is 10.5 Å². The van der Waals surface area contributed by atoms with Gasteiger partial charge in [0.05, 0.1) is 11.5 Å². The summed E-state index contributed by atoms with van der Waals surface area (Å²) in [6, 6.07) is 25.0. The van der Waals surface area contributed by atoms with Gasteiger partial charge in [0.2, 0.25) is 5.91 Å². The first-order chi connectivity index (χ1) is 18.9. The Balaban J connectivity index is 0.00000370. The Bertz CT molecular complexity index is 1270. The van der Waals surface area contributed by atoms with E-state index >= 15 is 0 Å². The van der Waals surface area contributed by atoms with E-state index in [1.165, 1.54) is 5.56 Å². The molecular weight excluding hydrogens is 611 g/mol. The highest BCUT2D eigenvalue weighted by Gasteiger charge is 2.47. The van der Waals surface area contributed by atoms with Gasteiger partial charge in [-0.1, -0.05) is 70.0 Å². The monoisotopic (exact) mass is 644 g/mol. The number of likely N-dealkylation sites (tertiary alicyclic amines) is 2. The fourth-order valence-electron chi connectivity index (χ4n) is 5.70. The van der Waals surface area contributed by atoms with E-state index in [1.807, 2.05) is 35.2 Å². The zero-order valence-corrected chi connectivity index (χ0v) is 25.5. The summed E-state index contributed by atoms with van der Waals surface area (Å²) in [7, 11) is 0. The van der Waals surface area contributed by atoms with E-state index in [4.69, 9.17) is 11.6 Å². The largest absolute Gasteiger partial charge is 0.338 e. The van der Waals surface area contributed by atoms with Crippen molar-refractivity contribution in [3.8, 4) is 0 Å². The van der Waals surface area contributed by atoms with Crippen LogP contribution < -0.4 is 10.6 Å². The lowest BCUT2D eigenvalue weighted by Gasteiger charge is -2.38. The van der Waals surface area contributed by atoms with Crippen molar-refractivity contribution < 1.29 is 9.59 Å². The molecule has 3 aromatic rings. The second kappa shape index (κ2) is 13.9. The van der Waals surface area contributed by atoms with Crippen molar-refractivity contribution in [2.45, 2.75) is 38.3 Å². The number of hydrogen-bond donors (Lipinski definition) is 2. The maximum absolute atomic E-state index is 13.4. The van der Waals surface area contributed by atoms with Gasteiger partial charge in [0.1, 0.15) is 0 Å². The fourth-order valence-corrected chi connectivity index (χ4v) is 6.09. The van der Waals surface area contributed by atoms with E-state index in [-0.39, 0.29) is 29.9 Å². The minimum absolute atomic E-state index is 0. The van der Waals surface area contributed by atoms with Crippen molar-refractivity contribution in [3.63, 3.8) is 0 Å². The Kier molecular flexibility index (Phi) is 10.5.